The molecule has 1 saturated carbocycles. The van der Waals surface area contributed by atoms with Crippen molar-refractivity contribution in [2.75, 3.05) is 69.3 Å². The van der Waals surface area contributed by atoms with Crippen LogP contribution in [0.3, 0.4) is 0 Å². The fraction of sp³-hybridized carbons (Fsp3) is 0.370. The highest BCUT2D eigenvalue weighted by atomic mass is 35.5. The molecular weight excluding hydrogens is 1500 g/mol. The molecular formula is C81H81Cl2F7N14O8. The number of fused-ring (bicyclic) bond motifs is 9. The number of piperidine rings is 4. The number of anilines is 7. The smallest absolute Gasteiger partial charge is 0.419 e. The second-order valence-corrected chi connectivity index (χ2v) is 29.7. The summed E-state index contributed by atoms with van der Waals surface area (Å²) < 4.78 is 126. The molecule has 7 atom stereocenters. The molecule has 8 aliphatic rings. The third kappa shape index (κ3) is 16.2. The second kappa shape index (κ2) is 32.9. The Balaban J connectivity index is 0.000000140. The average molecular weight is 1580 g/mol. The molecule has 31 heteroatoms. The van der Waals surface area contributed by atoms with Gasteiger partial charge in [0.2, 0.25) is 17.7 Å². The van der Waals surface area contributed by atoms with E-state index in [4.69, 9.17) is 46.9 Å². The molecule has 17 rings (SSSR count). The van der Waals surface area contributed by atoms with Crippen LogP contribution in [0.5, 0.6) is 28.7 Å². The molecule has 6 bridgehead atoms. The number of methoxy groups -OCH3 is 3. The fourth-order valence-electron chi connectivity index (χ4n) is 16.6. The van der Waals surface area contributed by atoms with E-state index < -0.39 is 40.0 Å². The molecule has 9 aromatic rings. The zero-order chi connectivity index (χ0) is 79.0. The van der Waals surface area contributed by atoms with Crippen molar-refractivity contribution in [2.45, 2.75) is 132 Å². The van der Waals surface area contributed by atoms with Crippen LogP contribution in [0.15, 0.2) is 135 Å². The maximum atomic E-state index is 14.8. The summed E-state index contributed by atoms with van der Waals surface area (Å²) in [5.41, 5.74) is 1.95. The largest absolute Gasteiger partial charge is 0.495 e. The molecule has 7 saturated heterocycles. The van der Waals surface area contributed by atoms with Crippen molar-refractivity contribution in [1.82, 2.24) is 49.5 Å². The third-order valence-electron chi connectivity index (χ3n) is 22.1. The minimum absolute atomic E-state index is 0.00226. The maximum Gasteiger partial charge on any atom is 0.419 e. The summed E-state index contributed by atoms with van der Waals surface area (Å²) in [6.07, 6.45) is 15.5. The molecule has 22 nitrogen and oxygen atoms in total. The average Bonchev–Trinajstić information content (AvgIpc) is 0.954. The van der Waals surface area contributed by atoms with Gasteiger partial charge in [0, 0.05) is 120 Å². The lowest BCUT2D eigenvalue weighted by Crippen LogP contribution is -2.61. The highest BCUT2D eigenvalue weighted by Crippen LogP contribution is 2.48. The first kappa shape index (κ1) is 77.9. The van der Waals surface area contributed by atoms with E-state index >= 15 is 0 Å². The number of aryl methyl sites for hydroxylation is 1. The number of aromatic nitrogens is 6. The summed E-state index contributed by atoms with van der Waals surface area (Å²) in [5, 5.41) is 13.6. The number of rotatable bonds is 19. The summed E-state index contributed by atoms with van der Waals surface area (Å²) >= 11 is 11.9. The molecule has 1 aliphatic carbocycles. The van der Waals surface area contributed by atoms with Crippen LogP contribution in [0.25, 0.3) is 32.7 Å². The van der Waals surface area contributed by atoms with Crippen LogP contribution >= 0.6 is 23.2 Å². The van der Waals surface area contributed by atoms with E-state index in [-0.39, 0.29) is 99.9 Å². The molecule has 112 heavy (non-hydrogen) atoms. The monoisotopic (exact) mass is 1580 g/mol. The van der Waals surface area contributed by atoms with Gasteiger partial charge in [-0.05, 0) is 151 Å². The number of ether oxygens (including phenoxy) is 5. The van der Waals surface area contributed by atoms with Gasteiger partial charge in [-0.15, -0.1) is 0 Å². The Morgan fingerprint density at radius 2 is 1.05 bits per heavy atom. The summed E-state index contributed by atoms with van der Waals surface area (Å²) in [6.45, 7) is 11.4. The van der Waals surface area contributed by atoms with Gasteiger partial charge in [-0.3, -0.25) is 19.3 Å². The number of alkyl halides is 3. The van der Waals surface area contributed by atoms with Crippen molar-refractivity contribution in [3.05, 3.63) is 180 Å². The molecule has 0 spiro atoms. The standard InChI is InChI=1S/C30H33ClFN5O3.C26H24F4N4O3.C25H24ClF2N5O2/c1-17-6-8-22(28(32)27(17)31)35-30-21-12-25(24(39-3)13-23(21)33-16-34-30)40-29-18-11-19(29)15-37(14-18)26(38)9-7-20-5-4-10-36(20)2;1-3-24(35)34-15-5-6-16(34)10-17(9-15)37-23-11-18-21(12-22(23)36-2)31-13-32-25(18)33-14-4-7-20(27)19(8-14)26(28,29)30;1-3-22(34)33-14-4-5-15(33)9-13(8-14)31-20-10-16-19(11-21(20)35-2)29-12-30-25(16)32-18-7-6-17(27)23(26)24(18)28/h6-9,12-13,16,18-20,29H,4-5,10-11,14-15H2,1-3H3,(H,33,34,35);3-4,7-8,11-13,15-17H,1,5-6,9-10H2,2H3,(H,31,32,33);3,6-7,10-15,31H,1,4-5,8-9H2,2H3,(H,29,30,32)/b9-7+;;. The first-order chi connectivity index (χ1) is 53.9. The number of carbonyl (C=O) groups excluding carboxylic acids is 3. The number of carbonyl (C=O) groups is 3. The van der Waals surface area contributed by atoms with Crippen LogP contribution in [-0.4, -0.2) is 164 Å². The maximum absolute atomic E-state index is 14.8. The minimum atomic E-state index is -4.84. The first-order valence-electron chi connectivity index (χ1n) is 36.8. The van der Waals surface area contributed by atoms with Crippen molar-refractivity contribution in [3.63, 3.8) is 0 Å². The van der Waals surface area contributed by atoms with Crippen molar-refractivity contribution in [3.8, 4) is 28.7 Å². The zero-order valence-corrected chi connectivity index (χ0v) is 63.3. The van der Waals surface area contributed by atoms with Crippen LogP contribution < -0.4 is 45.0 Å². The van der Waals surface area contributed by atoms with E-state index in [0.29, 0.717) is 117 Å². The number of nitrogens with zero attached hydrogens (tertiary/aromatic N) is 10. The van der Waals surface area contributed by atoms with Crippen molar-refractivity contribution >= 4 is 114 Å². The number of amides is 3. The number of hydrogen-bond acceptors (Lipinski definition) is 19. The topological polar surface area (TPSA) is 236 Å². The summed E-state index contributed by atoms with van der Waals surface area (Å²) in [6, 6.07) is 20.0. The number of benzene rings is 6. The number of nitrogens with one attached hydrogen (secondary N) is 4. The molecule has 7 unspecified atom stereocenters. The Morgan fingerprint density at radius 1 is 0.554 bits per heavy atom. The van der Waals surface area contributed by atoms with Crippen LogP contribution in [0.2, 0.25) is 10.0 Å². The van der Waals surface area contributed by atoms with E-state index in [9.17, 15) is 45.1 Å². The Labute approximate surface area is 650 Å². The van der Waals surface area contributed by atoms with Gasteiger partial charge >= 0.3 is 6.18 Å². The van der Waals surface area contributed by atoms with E-state index in [2.05, 4.69) is 76.3 Å². The Bertz CT molecular complexity index is 5130. The molecule has 3 amide bonds. The second-order valence-electron chi connectivity index (χ2n) is 28.9. The summed E-state index contributed by atoms with van der Waals surface area (Å²) in [4.78, 5) is 71.3. The Hall–Kier alpha value is -10.8. The highest BCUT2D eigenvalue weighted by Gasteiger charge is 2.50. The minimum Gasteiger partial charge on any atom is -0.495 e. The molecule has 10 heterocycles. The van der Waals surface area contributed by atoms with Crippen LogP contribution in [0.4, 0.5) is 70.9 Å². The van der Waals surface area contributed by atoms with Gasteiger partial charge in [0.15, 0.2) is 34.6 Å². The van der Waals surface area contributed by atoms with Gasteiger partial charge in [-0.2, -0.15) is 13.2 Å². The number of halogens is 9. The highest BCUT2D eigenvalue weighted by molar-refractivity contribution is 6.32. The molecule has 3 aromatic heterocycles. The number of likely N-dealkylation sites (tertiary alicyclic amines) is 1. The molecule has 7 aliphatic heterocycles. The van der Waals surface area contributed by atoms with Crippen LogP contribution in [0, 0.1) is 42.0 Å². The zero-order valence-electron chi connectivity index (χ0n) is 61.8. The van der Waals surface area contributed by atoms with Crippen LogP contribution in [-0.2, 0) is 20.6 Å². The van der Waals surface area contributed by atoms with Crippen molar-refractivity contribution < 1.29 is 68.8 Å². The Kier molecular flexibility index (Phi) is 22.9. The predicted octanol–water partition coefficient (Wildman–Crippen LogP) is 16.4. The summed E-state index contributed by atoms with van der Waals surface area (Å²) in [5.74, 6) is 0.450. The van der Waals surface area contributed by atoms with Gasteiger partial charge in [0.05, 0.1) is 65.5 Å². The van der Waals surface area contributed by atoms with Crippen molar-refractivity contribution in [1.29, 1.82) is 0 Å². The quantitative estimate of drug-likeness (QED) is 0.0334. The van der Waals surface area contributed by atoms with E-state index in [1.807, 2.05) is 32.9 Å². The van der Waals surface area contributed by atoms with Gasteiger partial charge in [-0.1, -0.05) is 48.5 Å². The lowest BCUT2D eigenvalue weighted by molar-refractivity contribution is -0.142. The Morgan fingerprint density at radius 3 is 1.58 bits per heavy atom. The van der Waals surface area contributed by atoms with Gasteiger partial charge in [0.1, 0.15) is 71.1 Å². The number of likely N-dealkylation sites (N-methyl/N-ethyl adjacent to an activating group) is 1. The van der Waals surface area contributed by atoms with Gasteiger partial charge < -0.3 is 59.7 Å². The lowest BCUT2D eigenvalue weighted by atomic mass is 9.68. The lowest BCUT2D eigenvalue weighted by Gasteiger charge is -2.52. The van der Waals surface area contributed by atoms with Crippen LogP contribution in [0.1, 0.15) is 81.8 Å². The molecule has 0 radical (unpaired) electrons. The molecule has 586 valence electrons. The molecule has 4 N–H and O–H groups in total. The number of hydrogen-bond donors (Lipinski definition) is 4. The van der Waals surface area contributed by atoms with Gasteiger partial charge in [0.25, 0.3) is 0 Å². The van der Waals surface area contributed by atoms with E-state index in [0.717, 1.165) is 75.7 Å². The normalized spacial score (nSPS) is 22.3. The van der Waals surface area contributed by atoms with Gasteiger partial charge in [-0.25, -0.2) is 47.5 Å². The predicted molar refractivity (Wildman–Crippen MR) is 412 cm³/mol. The van der Waals surface area contributed by atoms with E-state index in [1.165, 1.54) is 56.8 Å². The van der Waals surface area contributed by atoms with E-state index in [1.54, 1.807) is 63.6 Å². The van der Waals surface area contributed by atoms with Crippen molar-refractivity contribution in [2.24, 2.45) is 11.8 Å². The molecule has 6 aromatic carbocycles. The third-order valence-corrected chi connectivity index (χ3v) is 23.0. The molecule has 8 fully saturated rings. The first-order valence-corrected chi connectivity index (χ1v) is 37.6. The SMILES string of the molecule is C=CC(=O)N1C2CCC1CC(Nc1cc3c(Nc4ccc(F)c(Cl)c4F)ncnc3cc1OC)C2.C=CC(=O)N1C2CCC1CC(Oc1cc3c(Nc4ccc(F)c(C(F)(F)F)c4)ncnc3cc1OC)C2.COc1cc2ncnc(Nc3ccc(C)c(Cl)c3F)c2cc1OC1C2CC1CN(C(=O)/C=C/C1CCCN1C)C2. The fourth-order valence-corrected chi connectivity index (χ4v) is 16.9. The summed E-state index contributed by atoms with van der Waals surface area (Å²) in [7, 11) is 6.78.